The number of anilines is 1. The van der Waals surface area contributed by atoms with Crippen LogP contribution in [0.1, 0.15) is 30.1 Å². The molecule has 2 rings (SSSR count). The largest absolute Gasteiger partial charge is 0.507 e. The van der Waals surface area contributed by atoms with Gasteiger partial charge in [0.1, 0.15) is 5.75 Å². The third kappa shape index (κ3) is 2.52. The van der Waals surface area contributed by atoms with Crippen LogP contribution in [-0.4, -0.2) is 29.0 Å². The molecule has 4 heteroatoms. The zero-order chi connectivity index (χ0) is 12.4. The van der Waals surface area contributed by atoms with Crippen LogP contribution in [0.25, 0.3) is 0 Å². The summed E-state index contributed by atoms with van der Waals surface area (Å²) in [4.78, 5) is 14.0. The fraction of sp³-hybridized carbons (Fsp3) is 0.462. The molecule has 0 bridgehead atoms. The second-order valence-corrected chi connectivity index (χ2v) is 4.75. The van der Waals surface area contributed by atoms with Crippen molar-refractivity contribution >= 4 is 11.6 Å². The first-order valence-corrected chi connectivity index (χ1v) is 5.95. The number of nitrogens with two attached hydrogens (primary N) is 1. The van der Waals surface area contributed by atoms with Crippen molar-refractivity contribution in [2.45, 2.75) is 19.8 Å². The van der Waals surface area contributed by atoms with Crippen LogP contribution in [0.15, 0.2) is 18.2 Å². The fourth-order valence-corrected chi connectivity index (χ4v) is 2.11. The van der Waals surface area contributed by atoms with Gasteiger partial charge in [-0.2, -0.15) is 0 Å². The molecule has 0 aromatic heterocycles. The predicted molar refractivity (Wildman–Crippen MR) is 66.8 cm³/mol. The van der Waals surface area contributed by atoms with E-state index in [1.807, 2.05) is 0 Å². The normalized spacial score (nSPS) is 17.1. The number of amides is 1. The molecule has 1 amide bonds. The minimum atomic E-state index is -0.102. The smallest absolute Gasteiger partial charge is 0.257 e. The summed E-state index contributed by atoms with van der Waals surface area (Å²) in [6.45, 7) is 3.73. The Morgan fingerprint density at radius 3 is 2.65 bits per heavy atom. The van der Waals surface area contributed by atoms with Gasteiger partial charge in [0, 0.05) is 24.8 Å². The summed E-state index contributed by atoms with van der Waals surface area (Å²) in [5, 5.41) is 9.72. The SMILES string of the molecule is CC1CCN(C(=O)c2ccc(N)cc2O)CC1. The van der Waals surface area contributed by atoms with Gasteiger partial charge in [-0.05, 0) is 30.9 Å². The van der Waals surface area contributed by atoms with Gasteiger partial charge in [0.05, 0.1) is 5.56 Å². The molecule has 17 heavy (non-hydrogen) atoms. The molecule has 1 aromatic rings. The highest BCUT2D eigenvalue weighted by Crippen LogP contribution is 2.24. The molecule has 92 valence electrons. The molecule has 0 aliphatic carbocycles. The second-order valence-electron chi connectivity index (χ2n) is 4.75. The van der Waals surface area contributed by atoms with Gasteiger partial charge in [0.15, 0.2) is 0 Å². The lowest BCUT2D eigenvalue weighted by atomic mass is 9.98. The zero-order valence-electron chi connectivity index (χ0n) is 10.0. The Morgan fingerprint density at radius 2 is 2.06 bits per heavy atom. The standard InChI is InChI=1S/C13H18N2O2/c1-9-4-6-15(7-5-9)13(17)11-3-2-10(14)8-12(11)16/h2-3,8-9,16H,4-7,14H2,1H3. The van der Waals surface area contributed by atoms with Crippen LogP contribution in [0.3, 0.4) is 0 Å². The van der Waals surface area contributed by atoms with Gasteiger partial charge < -0.3 is 15.7 Å². The average Bonchev–Trinajstić information content (AvgIpc) is 2.29. The molecule has 1 aromatic carbocycles. The minimum Gasteiger partial charge on any atom is -0.507 e. The lowest BCUT2D eigenvalue weighted by Gasteiger charge is -2.30. The Balaban J connectivity index is 2.14. The summed E-state index contributed by atoms with van der Waals surface area (Å²) in [6.07, 6.45) is 2.06. The maximum absolute atomic E-state index is 12.2. The molecular formula is C13H18N2O2. The summed E-state index contributed by atoms with van der Waals surface area (Å²) in [5.41, 5.74) is 6.35. The van der Waals surface area contributed by atoms with E-state index in [-0.39, 0.29) is 11.7 Å². The molecule has 1 fully saturated rings. The number of rotatable bonds is 1. The molecule has 0 radical (unpaired) electrons. The van der Waals surface area contributed by atoms with Gasteiger partial charge in [-0.15, -0.1) is 0 Å². The number of benzene rings is 1. The van der Waals surface area contributed by atoms with Gasteiger partial charge in [-0.1, -0.05) is 6.92 Å². The summed E-state index contributed by atoms with van der Waals surface area (Å²) < 4.78 is 0. The van der Waals surface area contributed by atoms with Gasteiger partial charge in [-0.3, -0.25) is 4.79 Å². The quantitative estimate of drug-likeness (QED) is 0.729. The molecular weight excluding hydrogens is 216 g/mol. The van der Waals surface area contributed by atoms with E-state index in [0.717, 1.165) is 25.9 Å². The van der Waals surface area contributed by atoms with E-state index >= 15 is 0 Å². The third-order valence-corrected chi connectivity index (χ3v) is 3.32. The summed E-state index contributed by atoms with van der Waals surface area (Å²) in [7, 11) is 0. The molecule has 4 nitrogen and oxygen atoms in total. The summed E-state index contributed by atoms with van der Waals surface area (Å²) in [6, 6.07) is 4.64. The van der Waals surface area contributed by atoms with Crippen molar-refractivity contribution in [1.82, 2.24) is 4.90 Å². The molecule has 0 saturated carbocycles. The zero-order valence-corrected chi connectivity index (χ0v) is 10.0. The van der Waals surface area contributed by atoms with Crippen LogP contribution in [0, 0.1) is 5.92 Å². The maximum atomic E-state index is 12.2. The Morgan fingerprint density at radius 1 is 1.41 bits per heavy atom. The van der Waals surface area contributed by atoms with Crippen LogP contribution in [-0.2, 0) is 0 Å². The summed E-state index contributed by atoms with van der Waals surface area (Å²) >= 11 is 0. The van der Waals surface area contributed by atoms with Gasteiger partial charge >= 0.3 is 0 Å². The van der Waals surface area contributed by atoms with Crippen molar-refractivity contribution in [2.24, 2.45) is 5.92 Å². The minimum absolute atomic E-state index is 0.0337. The van der Waals surface area contributed by atoms with E-state index in [0.29, 0.717) is 17.2 Å². The fourth-order valence-electron chi connectivity index (χ4n) is 2.11. The van der Waals surface area contributed by atoms with E-state index < -0.39 is 0 Å². The first kappa shape index (κ1) is 11.8. The Bertz CT molecular complexity index is 423. The van der Waals surface area contributed by atoms with E-state index in [2.05, 4.69) is 6.92 Å². The van der Waals surface area contributed by atoms with Crippen LogP contribution in [0.2, 0.25) is 0 Å². The highest BCUT2D eigenvalue weighted by molar-refractivity contribution is 5.97. The first-order valence-electron chi connectivity index (χ1n) is 5.95. The van der Waals surface area contributed by atoms with Crippen LogP contribution in [0.5, 0.6) is 5.75 Å². The predicted octanol–water partition coefficient (Wildman–Crippen LogP) is 1.85. The van der Waals surface area contributed by atoms with E-state index in [1.165, 1.54) is 6.07 Å². The lowest BCUT2D eigenvalue weighted by molar-refractivity contribution is 0.0694. The number of phenols is 1. The number of phenolic OH excluding ortho intramolecular Hbond substituents is 1. The molecule has 1 saturated heterocycles. The topological polar surface area (TPSA) is 66.6 Å². The van der Waals surface area contributed by atoms with Gasteiger partial charge in [0.25, 0.3) is 5.91 Å². The van der Waals surface area contributed by atoms with E-state index in [4.69, 9.17) is 5.73 Å². The van der Waals surface area contributed by atoms with Crippen molar-refractivity contribution < 1.29 is 9.90 Å². The van der Waals surface area contributed by atoms with Crippen LogP contribution >= 0.6 is 0 Å². The van der Waals surface area contributed by atoms with Crippen molar-refractivity contribution in [3.8, 4) is 5.75 Å². The van der Waals surface area contributed by atoms with Gasteiger partial charge in [-0.25, -0.2) is 0 Å². The van der Waals surface area contributed by atoms with Crippen molar-refractivity contribution in [3.05, 3.63) is 23.8 Å². The number of likely N-dealkylation sites (tertiary alicyclic amines) is 1. The van der Waals surface area contributed by atoms with E-state index in [9.17, 15) is 9.90 Å². The van der Waals surface area contributed by atoms with Crippen molar-refractivity contribution in [2.75, 3.05) is 18.8 Å². The lowest BCUT2D eigenvalue weighted by Crippen LogP contribution is -2.37. The molecule has 3 N–H and O–H groups in total. The molecule has 1 aliphatic heterocycles. The Labute approximate surface area is 101 Å². The van der Waals surface area contributed by atoms with E-state index in [1.54, 1.807) is 17.0 Å². The highest BCUT2D eigenvalue weighted by atomic mass is 16.3. The second kappa shape index (κ2) is 4.65. The van der Waals surface area contributed by atoms with Gasteiger partial charge in [0.2, 0.25) is 0 Å². The van der Waals surface area contributed by atoms with Crippen LogP contribution in [0.4, 0.5) is 5.69 Å². The average molecular weight is 234 g/mol. The number of carbonyl (C=O) groups is 1. The number of nitrogen functional groups attached to an aromatic ring is 1. The molecule has 1 heterocycles. The Hall–Kier alpha value is -1.71. The third-order valence-electron chi connectivity index (χ3n) is 3.32. The number of nitrogens with zero attached hydrogens (tertiary/aromatic N) is 1. The van der Waals surface area contributed by atoms with Crippen molar-refractivity contribution in [1.29, 1.82) is 0 Å². The number of hydrogen-bond donors (Lipinski definition) is 2. The first-order chi connectivity index (χ1) is 8.08. The monoisotopic (exact) mass is 234 g/mol. The number of aromatic hydroxyl groups is 1. The molecule has 0 unspecified atom stereocenters. The molecule has 1 aliphatic rings. The highest BCUT2D eigenvalue weighted by Gasteiger charge is 2.23. The molecule has 0 spiro atoms. The number of carbonyl (C=O) groups excluding carboxylic acids is 1. The number of hydrogen-bond acceptors (Lipinski definition) is 3. The maximum Gasteiger partial charge on any atom is 0.257 e. The number of piperidine rings is 1. The van der Waals surface area contributed by atoms with Crippen molar-refractivity contribution in [3.63, 3.8) is 0 Å². The Kier molecular flexibility index (Phi) is 3.22. The summed E-state index contributed by atoms with van der Waals surface area (Å²) in [5.74, 6) is 0.544. The van der Waals surface area contributed by atoms with Crippen LogP contribution < -0.4 is 5.73 Å². The molecule has 0 atom stereocenters.